The van der Waals surface area contributed by atoms with Crippen LogP contribution in [0.5, 0.6) is 11.5 Å². The number of H-pyrrole nitrogens is 1. The maximum atomic E-state index is 11.9. The van der Waals surface area contributed by atoms with Crippen LogP contribution in [0.1, 0.15) is 0 Å². The van der Waals surface area contributed by atoms with E-state index >= 15 is 0 Å². The lowest BCUT2D eigenvalue weighted by atomic mass is 10.2. The van der Waals surface area contributed by atoms with Crippen molar-refractivity contribution in [3.63, 3.8) is 0 Å². The lowest BCUT2D eigenvalue weighted by Crippen LogP contribution is -2.18. The molecule has 1 aliphatic heterocycles. The van der Waals surface area contributed by atoms with E-state index in [0.29, 0.717) is 27.2 Å². The minimum Gasteiger partial charge on any atom is -0.454 e. The average molecular weight is 236 g/mol. The highest BCUT2D eigenvalue weighted by Gasteiger charge is 2.16. The van der Waals surface area contributed by atoms with Crippen molar-refractivity contribution in [3.05, 3.63) is 27.3 Å². The van der Waals surface area contributed by atoms with Crippen LogP contribution in [-0.4, -0.2) is 16.3 Å². The second-order valence-corrected chi connectivity index (χ2v) is 3.93. The number of hydrogen-bond donors (Lipinski definition) is 1. The molecule has 0 bridgehead atoms. The third-order valence-corrected chi connectivity index (χ3v) is 2.97. The first-order chi connectivity index (χ1) is 7.66. The lowest BCUT2D eigenvalue weighted by molar-refractivity contribution is 0.174. The predicted octanol–water partition coefficient (Wildman–Crippen LogP) is 1.32. The smallest absolute Gasteiger partial charge is 0.262 e. The molecule has 1 aliphatic rings. The minimum atomic E-state index is -0.142. The highest BCUT2D eigenvalue weighted by atomic mass is 32.1. The van der Waals surface area contributed by atoms with Gasteiger partial charge in [0.1, 0.15) is 0 Å². The molecule has 0 radical (unpaired) electrons. The van der Waals surface area contributed by atoms with Gasteiger partial charge in [-0.05, 0) is 18.3 Å². The van der Waals surface area contributed by atoms with Gasteiger partial charge in [-0.25, -0.2) is 0 Å². The van der Waals surface area contributed by atoms with Crippen molar-refractivity contribution >= 4 is 23.1 Å². The normalized spacial score (nSPS) is 13.3. The fraction of sp³-hybridized carbons (Fsp3) is 0.200. The Kier molecular flexibility index (Phi) is 1.81. The molecule has 16 heavy (non-hydrogen) atoms. The van der Waals surface area contributed by atoms with Gasteiger partial charge in [0, 0.05) is 13.1 Å². The number of ether oxygens (including phenoxy) is 2. The van der Waals surface area contributed by atoms with Gasteiger partial charge in [0.05, 0.1) is 10.9 Å². The molecular formula is C10H8N2O3S. The van der Waals surface area contributed by atoms with E-state index in [2.05, 4.69) is 4.98 Å². The fourth-order valence-electron chi connectivity index (χ4n) is 1.69. The number of aromatic nitrogens is 2. The standard InChI is InChI=1S/C10H8N2O3S/c1-12-9(13)5-2-7-8(15-4-14-7)3-6(5)11-10(12)16/h2-3H,4H2,1H3,(H,11,16). The van der Waals surface area contributed by atoms with E-state index in [4.69, 9.17) is 21.7 Å². The Labute approximate surface area is 95.2 Å². The molecule has 0 atom stereocenters. The van der Waals surface area contributed by atoms with Crippen LogP contribution in [0.2, 0.25) is 0 Å². The molecule has 3 rings (SSSR count). The van der Waals surface area contributed by atoms with Crippen LogP contribution in [-0.2, 0) is 7.05 Å². The Morgan fingerprint density at radius 3 is 2.81 bits per heavy atom. The molecule has 1 N–H and O–H groups in total. The molecule has 82 valence electrons. The average Bonchev–Trinajstić information content (AvgIpc) is 2.71. The topological polar surface area (TPSA) is 56.2 Å². The molecule has 0 spiro atoms. The van der Waals surface area contributed by atoms with Crippen LogP contribution in [0.4, 0.5) is 0 Å². The molecular weight excluding hydrogens is 228 g/mol. The van der Waals surface area contributed by atoms with Crippen molar-refractivity contribution in [1.29, 1.82) is 0 Å². The minimum absolute atomic E-state index is 0.142. The monoisotopic (exact) mass is 236 g/mol. The first-order valence-electron chi connectivity index (χ1n) is 4.69. The molecule has 0 aliphatic carbocycles. The summed E-state index contributed by atoms with van der Waals surface area (Å²) in [5.74, 6) is 1.22. The van der Waals surface area contributed by atoms with Gasteiger partial charge in [-0.1, -0.05) is 0 Å². The SMILES string of the molecule is Cn1c(=S)[nH]c2cc3c(cc2c1=O)OCO3. The zero-order valence-electron chi connectivity index (χ0n) is 8.44. The lowest BCUT2D eigenvalue weighted by Gasteiger charge is -2.03. The van der Waals surface area contributed by atoms with Gasteiger partial charge in [0.15, 0.2) is 16.3 Å². The van der Waals surface area contributed by atoms with Crippen molar-refractivity contribution in [2.75, 3.05) is 6.79 Å². The third kappa shape index (κ3) is 1.16. The third-order valence-electron chi connectivity index (χ3n) is 2.59. The largest absolute Gasteiger partial charge is 0.454 e. The van der Waals surface area contributed by atoms with Gasteiger partial charge in [-0.3, -0.25) is 9.36 Å². The Balaban J connectivity index is 2.50. The van der Waals surface area contributed by atoms with Crippen molar-refractivity contribution < 1.29 is 9.47 Å². The van der Waals surface area contributed by atoms with Crippen LogP contribution in [0, 0.1) is 4.77 Å². The zero-order valence-corrected chi connectivity index (χ0v) is 9.26. The molecule has 0 saturated carbocycles. The van der Waals surface area contributed by atoms with E-state index in [9.17, 15) is 4.79 Å². The highest BCUT2D eigenvalue weighted by molar-refractivity contribution is 7.71. The predicted molar refractivity (Wildman–Crippen MR) is 60.5 cm³/mol. The maximum absolute atomic E-state index is 11.9. The first-order valence-corrected chi connectivity index (χ1v) is 5.10. The molecule has 6 heteroatoms. The van der Waals surface area contributed by atoms with Crippen LogP contribution in [0.25, 0.3) is 10.9 Å². The Hall–Kier alpha value is -1.82. The first kappa shape index (κ1) is 9.41. The highest BCUT2D eigenvalue weighted by Crippen LogP contribution is 2.34. The van der Waals surface area contributed by atoms with Crippen LogP contribution < -0.4 is 15.0 Å². The summed E-state index contributed by atoms with van der Waals surface area (Å²) in [5.41, 5.74) is 0.523. The molecule has 2 heterocycles. The number of hydrogen-bond acceptors (Lipinski definition) is 4. The van der Waals surface area contributed by atoms with E-state index in [1.165, 1.54) is 4.57 Å². The number of rotatable bonds is 0. The molecule has 0 unspecified atom stereocenters. The van der Waals surface area contributed by atoms with Gasteiger partial charge in [0.2, 0.25) is 6.79 Å². The van der Waals surface area contributed by atoms with Crippen molar-refractivity contribution in [3.8, 4) is 11.5 Å². The molecule has 5 nitrogen and oxygen atoms in total. The summed E-state index contributed by atoms with van der Waals surface area (Å²) in [6, 6.07) is 3.40. The Morgan fingerprint density at radius 2 is 2.06 bits per heavy atom. The maximum Gasteiger partial charge on any atom is 0.262 e. The zero-order chi connectivity index (χ0) is 11.3. The quantitative estimate of drug-likeness (QED) is 0.701. The van der Waals surface area contributed by atoms with Gasteiger partial charge < -0.3 is 14.5 Å². The van der Waals surface area contributed by atoms with Crippen molar-refractivity contribution in [2.24, 2.45) is 7.05 Å². The molecule has 2 aromatic rings. The number of aromatic amines is 1. The van der Waals surface area contributed by atoms with Gasteiger partial charge in [0.25, 0.3) is 5.56 Å². The summed E-state index contributed by atoms with van der Waals surface area (Å²) in [6.07, 6.45) is 0. The molecule has 0 amide bonds. The van der Waals surface area contributed by atoms with Crippen molar-refractivity contribution in [2.45, 2.75) is 0 Å². The van der Waals surface area contributed by atoms with Crippen LogP contribution in [0.15, 0.2) is 16.9 Å². The summed E-state index contributed by atoms with van der Waals surface area (Å²) in [7, 11) is 1.63. The Morgan fingerprint density at radius 1 is 1.38 bits per heavy atom. The summed E-state index contributed by atoms with van der Waals surface area (Å²) in [5, 5.41) is 0.542. The van der Waals surface area contributed by atoms with Gasteiger partial charge >= 0.3 is 0 Å². The fourth-order valence-corrected chi connectivity index (χ4v) is 1.89. The molecule has 1 aromatic heterocycles. The number of benzene rings is 1. The van der Waals surface area contributed by atoms with E-state index < -0.39 is 0 Å². The molecule has 0 fully saturated rings. The number of nitrogens with zero attached hydrogens (tertiary/aromatic N) is 1. The number of nitrogens with one attached hydrogen (secondary N) is 1. The van der Waals surface area contributed by atoms with Crippen molar-refractivity contribution in [1.82, 2.24) is 9.55 Å². The summed E-state index contributed by atoms with van der Waals surface area (Å²) in [6.45, 7) is 0.187. The van der Waals surface area contributed by atoms with E-state index in [-0.39, 0.29) is 12.4 Å². The molecule has 1 aromatic carbocycles. The van der Waals surface area contributed by atoms with Crippen LogP contribution in [0.3, 0.4) is 0 Å². The number of fused-ring (bicyclic) bond motifs is 2. The van der Waals surface area contributed by atoms with E-state index in [1.807, 2.05) is 0 Å². The second kappa shape index (κ2) is 3.08. The van der Waals surface area contributed by atoms with Crippen LogP contribution >= 0.6 is 12.2 Å². The molecule has 0 saturated heterocycles. The summed E-state index contributed by atoms with van der Waals surface area (Å²) in [4.78, 5) is 14.9. The summed E-state index contributed by atoms with van der Waals surface area (Å²) < 4.78 is 12.2. The second-order valence-electron chi connectivity index (χ2n) is 3.55. The van der Waals surface area contributed by atoms with E-state index in [1.54, 1.807) is 19.2 Å². The van der Waals surface area contributed by atoms with E-state index in [0.717, 1.165) is 0 Å². The van der Waals surface area contributed by atoms with Gasteiger partial charge in [-0.2, -0.15) is 0 Å². The van der Waals surface area contributed by atoms with Gasteiger partial charge in [-0.15, -0.1) is 0 Å². The summed E-state index contributed by atoms with van der Waals surface area (Å²) >= 11 is 5.03. The Bertz CT molecular complexity index is 702.